The number of carbonyl (C=O) groups is 2. The number of esters is 1. The van der Waals surface area contributed by atoms with Crippen molar-refractivity contribution < 1.29 is 23.8 Å². The van der Waals surface area contributed by atoms with Gasteiger partial charge in [0.2, 0.25) is 0 Å². The van der Waals surface area contributed by atoms with E-state index in [0.29, 0.717) is 27.8 Å². The molecule has 8 heteroatoms. The van der Waals surface area contributed by atoms with Gasteiger partial charge in [-0.2, -0.15) is 5.26 Å². The van der Waals surface area contributed by atoms with E-state index in [4.69, 9.17) is 31.1 Å². The molecule has 7 nitrogen and oxygen atoms in total. The van der Waals surface area contributed by atoms with Crippen LogP contribution in [0, 0.1) is 11.3 Å². The van der Waals surface area contributed by atoms with E-state index in [2.05, 4.69) is 5.32 Å². The topological polar surface area (TPSA) is 97.7 Å². The van der Waals surface area contributed by atoms with Gasteiger partial charge >= 0.3 is 5.97 Å². The van der Waals surface area contributed by atoms with Crippen LogP contribution in [-0.4, -0.2) is 31.2 Å². The van der Waals surface area contributed by atoms with Gasteiger partial charge in [0.1, 0.15) is 11.5 Å². The van der Waals surface area contributed by atoms with Gasteiger partial charge in [0, 0.05) is 5.02 Å². The van der Waals surface area contributed by atoms with Crippen LogP contribution in [0.15, 0.2) is 42.5 Å². The minimum Gasteiger partial charge on any atom is -0.495 e. The first-order valence-electron chi connectivity index (χ1n) is 8.35. The number of nitrogens with zero attached hydrogens (tertiary/aromatic N) is 1. The van der Waals surface area contributed by atoms with Crippen LogP contribution in [0.2, 0.25) is 5.02 Å². The monoisotopic (exact) mass is 402 g/mol. The molecule has 2 aromatic carbocycles. The number of methoxy groups -OCH3 is 1. The number of hydrogen-bond donors (Lipinski definition) is 1. The molecule has 0 aromatic heterocycles. The summed E-state index contributed by atoms with van der Waals surface area (Å²) in [5.74, 6) is -0.414. The zero-order chi connectivity index (χ0) is 20.7. The predicted octanol–water partition coefficient (Wildman–Crippen LogP) is 3.56. The van der Waals surface area contributed by atoms with E-state index >= 15 is 0 Å². The van der Waals surface area contributed by atoms with Crippen molar-refractivity contribution in [2.75, 3.05) is 12.4 Å². The van der Waals surface area contributed by atoms with Crippen LogP contribution in [0.5, 0.6) is 11.5 Å². The van der Waals surface area contributed by atoms with Crippen molar-refractivity contribution in [3.63, 3.8) is 0 Å². The Bertz CT molecular complexity index is 892. The molecule has 0 bridgehead atoms. The first-order chi connectivity index (χ1) is 13.3. The summed E-state index contributed by atoms with van der Waals surface area (Å²) in [5.41, 5.74) is 0.842. The van der Waals surface area contributed by atoms with Crippen molar-refractivity contribution in [1.82, 2.24) is 0 Å². The Morgan fingerprint density at radius 3 is 2.39 bits per heavy atom. The van der Waals surface area contributed by atoms with Gasteiger partial charge in [0.05, 0.1) is 24.4 Å². The Kier molecular flexibility index (Phi) is 7.24. The largest absolute Gasteiger partial charge is 0.495 e. The average molecular weight is 403 g/mol. The zero-order valence-electron chi connectivity index (χ0n) is 15.6. The Labute approximate surface area is 167 Å². The number of nitrogens with one attached hydrogen (secondary N) is 1. The highest BCUT2D eigenvalue weighted by Gasteiger charge is 2.24. The molecule has 0 aliphatic rings. The average Bonchev–Trinajstić information content (AvgIpc) is 2.68. The maximum atomic E-state index is 12.3. The van der Waals surface area contributed by atoms with Crippen molar-refractivity contribution in [2.24, 2.45) is 0 Å². The van der Waals surface area contributed by atoms with Gasteiger partial charge in [-0.25, -0.2) is 4.79 Å². The van der Waals surface area contributed by atoms with Crippen LogP contribution in [0.25, 0.3) is 0 Å². The molecule has 2 aromatic rings. The summed E-state index contributed by atoms with van der Waals surface area (Å²) in [6.45, 7) is 2.95. The predicted molar refractivity (Wildman–Crippen MR) is 103 cm³/mol. The number of hydrogen-bond acceptors (Lipinski definition) is 6. The fraction of sp³-hybridized carbons (Fsp3) is 0.250. The van der Waals surface area contributed by atoms with Crippen molar-refractivity contribution in [3.8, 4) is 17.6 Å². The van der Waals surface area contributed by atoms with Crippen LogP contribution in [0.4, 0.5) is 5.69 Å². The minimum absolute atomic E-state index is 0.366. The number of rotatable bonds is 7. The van der Waals surface area contributed by atoms with Gasteiger partial charge in [-0.3, -0.25) is 4.79 Å². The summed E-state index contributed by atoms with van der Waals surface area (Å²) in [7, 11) is 1.46. The molecule has 1 N–H and O–H groups in total. The number of benzene rings is 2. The lowest BCUT2D eigenvalue weighted by molar-refractivity contribution is -0.159. The Hall–Kier alpha value is -3.24. The number of ether oxygens (including phenoxy) is 3. The highest BCUT2D eigenvalue weighted by molar-refractivity contribution is 6.31. The Balaban J connectivity index is 1.94. The van der Waals surface area contributed by atoms with Crippen LogP contribution < -0.4 is 14.8 Å². The standard InChI is InChI=1S/C20H19ClN2O5/c1-12(19(24)23-17-10-15(21)6-9-18(17)26-3)28-20(25)13(2)27-16-7-4-14(11-22)5-8-16/h4-10,12-13H,1-3H3,(H,23,24)/t12-,13+/m1/s1. The maximum Gasteiger partial charge on any atom is 0.347 e. The molecule has 0 aliphatic carbocycles. The third kappa shape index (κ3) is 5.63. The Morgan fingerprint density at radius 1 is 1.11 bits per heavy atom. The summed E-state index contributed by atoms with van der Waals surface area (Å²) in [6.07, 6.45) is -2.01. The third-order valence-corrected chi connectivity index (χ3v) is 3.94. The van der Waals surface area contributed by atoms with E-state index in [9.17, 15) is 9.59 Å². The molecule has 2 rings (SSSR count). The second-order valence-electron chi connectivity index (χ2n) is 5.81. The molecule has 146 valence electrons. The van der Waals surface area contributed by atoms with Crippen molar-refractivity contribution >= 4 is 29.2 Å². The Morgan fingerprint density at radius 2 is 1.79 bits per heavy atom. The second-order valence-corrected chi connectivity index (χ2v) is 6.25. The van der Waals surface area contributed by atoms with Gasteiger partial charge in [0.25, 0.3) is 5.91 Å². The summed E-state index contributed by atoms with van der Waals surface area (Å²) in [4.78, 5) is 24.5. The second kappa shape index (κ2) is 9.62. The van der Waals surface area contributed by atoms with Gasteiger partial charge < -0.3 is 19.5 Å². The van der Waals surface area contributed by atoms with E-state index < -0.39 is 24.1 Å². The zero-order valence-corrected chi connectivity index (χ0v) is 16.3. The maximum absolute atomic E-state index is 12.3. The number of nitriles is 1. The van der Waals surface area contributed by atoms with E-state index in [-0.39, 0.29) is 0 Å². The normalized spacial score (nSPS) is 12.2. The molecule has 0 radical (unpaired) electrons. The molecule has 0 fully saturated rings. The molecular formula is C20H19ClN2O5. The molecule has 28 heavy (non-hydrogen) atoms. The summed E-state index contributed by atoms with van der Waals surface area (Å²) in [6, 6.07) is 13.1. The highest BCUT2D eigenvalue weighted by Crippen LogP contribution is 2.27. The third-order valence-electron chi connectivity index (χ3n) is 3.71. The summed E-state index contributed by atoms with van der Waals surface area (Å²) >= 11 is 5.93. The molecule has 1 amide bonds. The van der Waals surface area contributed by atoms with Crippen molar-refractivity contribution in [3.05, 3.63) is 53.1 Å². The van der Waals surface area contributed by atoms with Crippen molar-refractivity contribution in [1.29, 1.82) is 5.26 Å². The van der Waals surface area contributed by atoms with E-state index in [1.165, 1.54) is 27.0 Å². The van der Waals surface area contributed by atoms with Crippen LogP contribution in [0.3, 0.4) is 0 Å². The first-order valence-corrected chi connectivity index (χ1v) is 8.73. The lowest BCUT2D eigenvalue weighted by atomic mass is 10.2. The quantitative estimate of drug-likeness (QED) is 0.711. The number of carbonyl (C=O) groups excluding carboxylic acids is 2. The minimum atomic E-state index is -1.07. The lowest BCUT2D eigenvalue weighted by Gasteiger charge is -2.18. The molecule has 0 heterocycles. The highest BCUT2D eigenvalue weighted by atomic mass is 35.5. The van der Waals surface area contributed by atoms with Gasteiger partial charge in [-0.1, -0.05) is 11.6 Å². The molecule has 0 unspecified atom stereocenters. The van der Waals surface area contributed by atoms with Crippen LogP contribution in [0.1, 0.15) is 19.4 Å². The molecule has 0 aliphatic heterocycles. The van der Waals surface area contributed by atoms with E-state index in [1.807, 2.05) is 6.07 Å². The molecule has 0 spiro atoms. The number of amides is 1. The molecule has 0 saturated heterocycles. The van der Waals surface area contributed by atoms with Gasteiger partial charge in [-0.15, -0.1) is 0 Å². The summed E-state index contributed by atoms with van der Waals surface area (Å²) < 4.78 is 15.8. The number of halogens is 1. The molecule has 2 atom stereocenters. The van der Waals surface area contributed by atoms with Crippen molar-refractivity contribution in [2.45, 2.75) is 26.1 Å². The molecule has 0 saturated carbocycles. The van der Waals surface area contributed by atoms with Crippen LogP contribution in [-0.2, 0) is 14.3 Å². The van der Waals surface area contributed by atoms with Gasteiger partial charge in [-0.05, 0) is 56.3 Å². The molecular weight excluding hydrogens is 384 g/mol. The van der Waals surface area contributed by atoms with Crippen LogP contribution >= 0.6 is 11.6 Å². The van der Waals surface area contributed by atoms with Gasteiger partial charge in [0.15, 0.2) is 12.2 Å². The van der Waals surface area contributed by atoms with E-state index in [0.717, 1.165) is 0 Å². The number of anilines is 1. The van der Waals surface area contributed by atoms with E-state index in [1.54, 1.807) is 36.4 Å². The summed E-state index contributed by atoms with van der Waals surface area (Å²) in [5, 5.41) is 11.8. The SMILES string of the molecule is COc1ccc(Cl)cc1NC(=O)[C@@H](C)OC(=O)[C@H](C)Oc1ccc(C#N)cc1. The smallest absolute Gasteiger partial charge is 0.347 e. The lowest BCUT2D eigenvalue weighted by Crippen LogP contribution is -2.35. The first kappa shape index (κ1) is 21.1. The fourth-order valence-electron chi connectivity index (χ4n) is 2.20. The fourth-order valence-corrected chi connectivity index (χ4v) is 2.37.